The lowest BCUT2D eigenvalue weighted by Gasteiger charge is -2.06. The van der Waals surface area contributed by atoms with Crippen LogP contribution in [0.5, 0.6) is 0 Å². The number of aryl methyl sites for hydroxylation is 2. The number of ether oxygens (including phenoxy) is 1. The first kappa shape index (κ1) is 14.7. The monoisotopic (exact) mass is 254 g/mol. The molecule has 1 aromatic heterocycles. The number of nitrogens with zero attached hydrogens (tertiary/aromatic N) is 2. The fourth-order valence-electron chi connectivity index (χ4n) is 1.57. The number of amides is 1. The fraction of sp³-hybridized carbons (Fsp3) is 0.667. The Hall–Kier alpha value is -1.40. The third-order valence-corrected chi connectivity index (χ3v) is 2.61. The minimum absolute atomic E-state index is 0.0232. The van der Waals surface area contributed by atoms with Crippen molar-refractivity contribution in [1.29, 1.82) is 0 Å². The van der Waals surface area contributed by atoms with Gasteiger partial charge in [0, 0.05) is 27.2 Å². The summed E-state index contributed by atoms with van der Waals surface area (Å²) in [6, 6.07) is 2.05. The van der Waals surface area contributed by atoms with Crippen LogP contribution >= 0.6 is 0 Å². The highest BCUT2D eigenvalue weighted by Gasteiger charge is 2.04. The van der Waals surface area contributed by atoms with E-state index < -0.39 is 0 Å². The molecule has 0 saturated heterocycles. The van der Waals surface area contributed by atoms with Crippen LogP contribution in [0.1, 0.15) is 18.3 Å². The third-order valence-electron chi connectivity index (χ3n) is 2.61. The second-order valence-electron chi connectivity index (χ2n) is 4.05. The van der Waals surface area contributed by atoms with E-state index >= 15 is 0 Å². The molecule has 102 valence electrons. The first-order chi connectivity index (χ1) is 8.67. The zero-order valence-electron chi connectivity index (χ0n) is 11.3. The van der Waals surface area contributed by atoms with Crippen molar-refractivity contribution in [2.24, 2.45) is 7.05 Å². The molecule has 6 heteroatoms. The Balaban J connectivity index is 2.24. The Morgan fingerprint density at radius 2 is 2.33 bits per heavy atom. The van der Waals surface area contributed by atoms with Crippen molar-refractivity contribution in [3.8, 4) is 0 Å². The number of methoxy groups -OCH3 is 1. The first-order valence-corrected chi connectivity index (χ1v) is 6.15. The Bertz CT molecular complexity index is 376. The van der Waals surface area contributed by atoms with Gasteiger partial charge in [-0.15, -0.1) is 0 Å². The Morgan fingerprint density at radius 3 is 2.94 bits per heavy atom. The van der Waals surface area contributed by atoms with E-state index in [1.54, 1.807) is 7.11 Å². The Labute approximate surface area is 108 Å². The molecule has 0 aliphatic carbocycles. The molecule has 0 atom stereocenters. The van der Waals surface area contributed by atoms with Crippen molar-refractivity contribution in [2.45, 2.75) is 19.9 Å². The van der Waals surface area contributed by atoms with Crippen molar-refractivity contribution < 1.29 is 9.53 Å². The number of carbonyl (C=O) groups is 1. The molecule has 0 fully saturated rings. The molecule has 0 spiro atoms. The summed E-state index contributed by atoms with van der Waals surface area (Å²) in [4.78, 5) is 11.4. The highest BCUT2D eigenvalue weighted by atomic mass is 16.5. The van der Waals surface area contributed by atoms with Crippen LogP contribution < -0.4 is 10.6 Å². The van der Waals surface area contributed by atoms with Crippen LogP contribution in [0, 0.1) is 0 Å². The molecule has 1 heterocycles. The van der Waals surface area contributed by atoms with Gasteiger partial charge in [-0.3, -0.25) is 9.48 Å². The van der Waals surface area contributed by atoms with Crippen molar-refractivity contribution in [3.63, 3.8) is 0 Å². The summed E-state index contributed by atoms with van der Waals surface area (Å²) in [5, 5.41) is 10.2. The highest BCUT2D eigenvalue weighted by Crippen LogP contribution is 2.02. The minimum atomic E-state index is -0.0232. The van der Waals surface area contributed by atoms with Crippen LogP contribution in [-0.4, -0.2) is 42.5 Å². The number of nitrogens with one attached hydrogen (secondary N) is 2. The normalized spacial score (nSPS) is 10.6. The first-order valence-electron chi connectivity index (χ1n) is 6.15. The molecule has 0 aliphatic rings. The van der Waals surface area contributed by atoms with E-state index in [0.29, 0.717) is 26.2 Å². The molecule has 0 radical (unpaired) electrons. The van der Waals surface area contributed by atoms with Gasteiger partial charge in [0.1, 0.15) is 0 Å². The van der Waals surface area contributed by atoms with Crippen LogP contribution in [0.3, 0.4) is 0 Å². The molecule has 0 saturated carbocycles. The minimum Gasteiger partial charge on any atom is -0.383 e. The van der Waals surface area contributed by atoms with Crippen LogP contribution in [0.15, 0.2) is 6.07 Å². The molecular formula is C12H22N4O2. The van der Waals surface area contributed by atoms with Gasteiger partial charge in [0.15, 0.2) is 0 Å². The fourth-order valence-corrected chi connectivity index (χ4v) is 1.57. The topological polar surface area (TPSA) is 68.2 Å². The van der Waals surface area contributed by atoms with Gasteiger partial charge >= 0.3 is 0 Å². The molecule has 2 N–H and O–H groups in total. The maximum Gasteiger partial charge on any atom is 0.234 e. The van der Waals surface area contributed by atoms with Crippen LogP contribution in [0.25, 0.3) is 0 Å². The largest absolute Gasteiger partial charge is 0.383 e. The molecule has 0 bridgehead atoms. The number of hydrogen-bond donors (Lipinski definition) is 2. The molecule has 0 unspecified atom stereocenters. The molecule has 18 heavy (non-hydrogen) atoms. The molecule has 6 nitrogen and oxygen atoms in total. The van der Waals surface area contributed by atoms with Gasteiger partial charge in [0.05, 0.1) is 24.5 Å². The van der Waals surface area contributed by atoms with E-state index in [-0.39, 0.29) is 5.91 Å². The zero-order chi connectivity index (χ0) is 13.4. The lowest BCUT2D eigenvalue weighted by Crippen LogP contribution is -2.35. The van der Waals surface area contributed by atoms with Crippen molar-refractivity contribution >= 4 is 5.91 Å². The quantitative estimate of drug-likeness (QED) is 0.632. The summed E-state index contributed by atoms with van der Waals surface area (Å²) in [5.74, 6) is -0.0232. The summed E-state index contributed by atoms with van der Waals surface area (Å²) >= 11 is 0. The second-order valence-corrected chi connectivity index (χ2v) is 4.05. The van der Waals surface area contributed by atoms with E-state index in [9.17, 15) is 4.79 Å². The molecule has 1 rings (SSSR count). The van der Waals surface area contributed by atoms with E-state index in [4.69, 9.17) is 4.74 Å². The number of aromatic nitrogens is 2. The standard InChI is InChI=1S/C12H22N4O2/c1-4-10-7-11(16(2)15-10)8-13-9-12(17)14-5-6-18-3/h7,13H,4-6,8-9H2,1-3H3,(H,14,17). The maximum atomic E-state index is 11.4. The number of rotatable bonds is 8. The third kappa shape index (κ3) is 4.85. The van der Waals surface area contributed by atoms with Gasteiger partial charge in [-0.05, 0) is 12.5 Å². The van der Waals surface area contributed by atoms with Gasteiger partial charge in [-0.2, -0.15) is 5.10 Å². The van der Waals surface area contributed by atoms with E-state index in [0.717, 1.165) is 17.8 Å². The summed E-state index contributed by atoms with van der Waals surface area (Å²) in [6.07, 6.45) is 0.922. The van der Waals surface area contributed by atoms with Gasteiger partial charge < -0.3 is 15.4 Å². The summed E-state index contributed by atoms with van der Waals surface area (Å²) in [7, 11) is 3.52. The summed E-state index contributed by atoms with van der Waals surface area (Å²) in [6.45, 7) is 4.09. The molecule has 1 aromatic rings. The van der Waals surface area contributed by atoms with Gasteiger partial charge in [0.2, 0.25) is 5.91 Å². The molecule has 1 amide bonds. The predicted molar refractivity (Wildman–Crippen MR) is 69.2 cm³/mol. The van der Waals surface area contributed by atoms with E-state index in [1.807, 2.05) is 11.7 Å². The summed E-state index contributed by atoms with van der Waals surface area (Å²) in [5.41, 5.74) is 2.15. The summed E-state index contributed by atoms with van der Waals surface area (Å²) < 4.78 is 6.69. The molecular weight excluding hydrogens is 232 g/mol. The second kappa shape index (κ2) is 7.84. The SMILES string of the molecule is CCc1cc(CNCC(=O)NCCOC)n(C)n1. The average Bonchev–Trinajstić information content (AvgIpc) is 2.71. The molecule has 0 aliphatic heterocycles. The Kier molecular flexibility index (Phi) is 6.38. The van der Waals surface area contributed by atoms with Crippen LogP contribution in [0.4, 0.5) is 0 Å². The van der Waals surface area contributed by atoms with Gasteiger partial charge in [-0.1, -0.05) is 6.92 Å². The number of hydrogen-bond acceptors (Lipinski definition) is 4. The Morgan fingerprint density at radius 1 is 1.56 bits per heavy atom. The lowest BCUT2D eigenvalue weighted by molar-refractivity contribution is -0.120. The van der Waals surface area contributed by atoms with Crippen LogP contribution in [-0.2, 0) is 29.5 Å². The average molecular weight is 254 g/mol. The zero-order valence-corrected chi connectivity index (χ0v) is 11.3. The van der Waals surface area contributed by atoms with E-state index in [2.05, 4.69) is 28.7 Å². The highest BCUT2D eigenvalue weighted by molar-refractivity contribution is 5.77. The van der Waals surface area contributed by atoms with Crippen molar-refractivity contribution in [1.82, 2.24) is 20.4 Å². The lowest BCUT2D eigenvalue weighted by atomic mass is 10.3. The number of carbonyl (C=O) groups excluding carboxylic acids is 1. The molecule has 0 aromatic carbocycles. The van der Waals surface area contributed by atoms with Crippen molar-refractivity contribution in [3.05, 3.63) is 17.5 Å². The van der Waals surface area contributed by atoms with E-state index in [1.165, 1.54) is 0 Å². The maximum absolute atomic E-state index is 11.4. The predicted octanol–water partition coefficient (Wildman–Crippen LogP) is -0.165. The van der Waals surface area contributed by atoms with Crippen molar-refractivity contribution in [2.75, 3.05) is 26.8 Å². The van der Waals surface area contributed by atoms with Gasteiger partial charge in [-0.25, -0.2) is 0 Å². The van der Waals surface area contributed by atoms with Gasteiger partial charge in [0.25, 0.3) is 0 Å². The van der Waals surface area contributed by atoms with Crippen LogP contribution in [0.2, 0.25) is 0 Å². The smallest absolute Gasteiger partial charge is 0.234 e.